The zero-order valence-corrected chi connectivity index (χ0v) is 15.3. The Hall–Kier alpha value is -2.35. The fourth-order valence-electron chi connectivity index (χ4n) is 2.18. The van der Waals surface area contributed by atoms with E-state index in [9.17, 15) is 9.59 Å². The Bertz CT molecular complexity index is 705. The lowest BCUT2D eigenvalue weighted by molar-refractivity contribution is -0.146. The van der Waals surface area contributed by atoms with Gasteiger partial charge < -0.3 is 10.1 Å². The van der Waals surface area contributed by atoms with Crippen LogP contribution < -0.4 is 5.32 Å². The Morgan fingerprint density at radius 1 is 1.32 bits per heavy atom. The van der Waals surface area contributed by atoms with Crippen LogP contribution in [0, 0.1) is 5.92 Å². The minimum atomic E-state index is -0.643. The molecule has 2 aromatic rings. The van der Waals surface area contributed by atoms with E-state index in [-0.39, 0.29) is 17.6 Å². The molecule has 7 nitrogen and oxygen atoms in total. The maximum atomic E-state index is 12.1. The summed E-state index contributed by atoms with van der Waals surface area (Å²) in [4.78, 5) is 28.3. The molecule has 8 heteroatoms. The van der Waals surface area contributed by atoms with Gasteiger partial charge in [-0.3, -0.25) is 9.89 Å². The molecule has 0 bridgehead atoms. The van der Waals surface area contributed by atoms with Crippen molar-refractivity contribution in [2.75, 3.05) is 12.9 Å². The number of aromatic amines is 1. The van der Waals surface area contributed by atoms with E-state index in [1.807, 2.05) is 44.2 Å². The van der Waals surface area contributed by atoms with Crippen LogP contribution in [0.5, 0.6) is 0 Å². The number of hydrogen-bond donors (Lipinski definition) is 2. The highest BCUT2D eigenvalue weighted by molar-refractivity contribution is 7.99. The number of H-pyrrole nitrogens is 1. The van der Waals surface area contributed by atoms with Gasteiger partial charge in [-0.05, 0) is 5.92 Å². The van der Waals surface area contributed by atoms with Crippen molar-refractivity contribution in [3.63, 3.8) is 0 Å². The maximum absolute atomic E-state index is 12.1. The molecule has 1 aromatic heterocycles. The van der Waals surface area contributed by atoms with E-state index in [2.05, 4.69) is 20.5 Å². The number of nitrogens with one attached hydrogen (secondary N) is 2. The van der Waals surface area contributed by atoms with Crippen molar-refractivity contribution in [2.45, 2.75) is 31.5 Å². The van der Waals surface area contributed by atoms with Gasteiger partial charge in [-0.25, -0.2) is 9.78 Å². The van der Waals surface area contributed by atoms with Gasteiger partial charge in [0.2, 0.25) is 11.1 Å². The van der Waals surface area contributed by atoms with Crippen LogP contribution >= 0.6 is 11.8 Å². The monoisotopic (exact) mass is 362 g/mol. The molecular formula is C17H22N4O3S. The molecule has 0 aliphatic rings. The molecule has 0 radical (unpaired) electrons. The first kappa shape index (κ1) is 19.0. The summed E-state index contributed by atoms with van der Waals surface area (Å²) in [7, 11) is 1.32. The number of amides is 1. The number of carbonyl (C=O) groups is 2. The lowest BCUT2D eigenvalue weighted by atomic mass is 9.99. The van der Waals surface area contributed by atoms with Crippen LogP contribution in [0.3, 0.4) is 0 Å². The second-order valence-electron chi connectivity index (χ2n) is 5.58. The van der Waals surface area contributed by atoms with Crippen molar-refractivity contribution < 1.29 is 14.3 Å². The first-order valence-electron chi connectivity index (χ1n) is 8.03. The molecule has 1 aromatic carbocycles. The molecule has 1 heterocycles. The largest absolute Gasteiger partial charge is 0.467 e. The summed E-state index contributed by atoms with van der Waals surface area (Å²) in [5, 5.41) is 10.2. The van der Waals surface area contributed by atoms with E-state index >= 15 is 0 Å². The molecule has 0 aliphatic carbocycles. The molecule has 2 N–H and O–H groups in total. The third kappa shape index (κ3) is 5.32. The molecule has 2 rings (SSSR count). The smallest absolute Gasteiger partial charge is 0.328 e. The van der Waals surface area contributed by atoms with E-state index in [1.54, 1.807) is 0 Å². The minimum absolute atomic E-state index is 0.00501. The van der Waals surface area contributed by atoms with Crippen LogP contribution in [-0.4, -0.2) is 46.0 Å². The van der Waals surface area contributed by atoms with Gasteiger partial charge in [-0.2, -0.15) is 0 Å². The van der Waals surface area contributed by atoms with Gasteiger partial charge in [0.15, 0.2) is 5.82 Å². The second-order valence-corrected chi connectivity index (χ2v) is 6.52. The predicted octanol–water partition coefficient (Wildman–Crippen LogP) is 2.27. The van der Waals surface area contributed by atoms with Gasteiger partial charge in [0.1, 0.15) is 6.04 Å². The molecule has 2 atom stereocenters. The molecule has 1 amide bonds. The van der Waals surface area contributed by atoms with Crippen LogP contribution in [0.4, 0.5) is 0 Å². The van der Waals surface area contributed by atoms with E-state index < -0.39 is 12.0 Å². The van der Waals surface area contributed by atoms with E-state index in [4.69, 9.17) is 4.74 Å². The Labute approximate surface area is 150 Å². The molecule has 0 spiro atoms. The molecule has 134 valence electrons. The number of nitrogens with zero attached hydrogens (tertiary/aromatic N) is 2. The van der Waals surface area contributed by atoms with Gasteiger partial charge in [-0.1, -0.05) is 62.4 Å². The van der Waals surface area contributed by atoms with Gasteiger partial charge in [0.05, 0.1) is 12.9 Å². The Morgan fingerprint density at radius 3 is 2.68 bits per heavy atom. The summed E-state index contributed by atoms with van der Waals surface area (Å²) in [6, 6.07) is 8.97. The number of ether oxygens (including phenoxy) is 1. The topological polar surface area (TPSA) is 97.0 Å². The minimum Gasteiger partial charge on any atom is -0.467 e. The molecule has 0 unspecified atom stereocenters. The zero-order valence-electron chi connectivity index (χ0n) is 14.5. The van der Waals surface area contributed by atoms with Crippen molar-refractivity contribution in [3.8, 4) is 11.4 Å². The lowest BCUT2D eigenvalue weighted by Crippen LogP contribution is -2.46. The fraction of sp³-hybridized carbons (Fsp3) is 0.412. The Balaban J connectivity index is 1.91. The summed E-state index contributed by atoms with van der Waals surface area (Å²) >= 11 is 1.21. The van der Waals surface area contributed by atoms with Gasteiger partial charge in [0, 0.05) is 5.56 Å². The first-order chi connectivity index (χ1) is 12.0. The number of methoxy groups -OCH3 is 1. The highest BCUT2D eigenvalue weighted by Crippen LogP contribution is 2.19. The average Bonchev–Trinajstić information content (AvgIpc) is 3.13. The summed E-state index contributed by atoms with van der Waals surface area (Å²) in [6.07, 6.45) is 0.758. The van der Waals surface area contributed by atoms with Crippen molar-refractivity contribution in [1.82, 2.24) is 20.5 Å². The van der Waals surface area contributed by atoms with E-state index in [1.165, 1.54) is 18.9 Å². The maximum Gasteiger partial charge on any atom is 0.328 e. The molecule has 0 saturated carbocycles. The highest BCUT2D eigenvalue weighted by atomic mass is 32.2. The van der Waals surface area contributed by atoms with Gasteiger partial charge in [-0.15, -0.1) is 5.10 Å². The number of carbonyl (C=O) groups excluding carboxylic acids is 2. The number of rotatable bonds is 8. The number of thioether (sulfide) groups is 1. The number of esters is 1. The normalized spacial score (nSPS) is 13.1. The predicted molar refractivity (Wildman–Crippen MR) is 95.9 cm³/mol. The molecule has 25 heavy (non-hydrogen) atoms. The zero-order chi connectivity index (χ0) is 18.2. The van der Waals surface area contributed by atoms with E-state index in [0.29, 0.717) is 11.0 Å². The van der Waals surface area contributed by atoms with Gasteiger partial charge in [0.25, 0.3) is 0 Å². The SMILES string of the molecule is CC[C@H](C)[C@H](NC(=O)CSc1n[nH]c(-c2ccccc2)n1)C(=O)OC. The number of aromatic nitrogens is 3. The summed E-state index contributed by atoms with van der Waals surface area (Å²) in [5.41, 5.74) is 0.925. The van der Waals surface area contributed by atoms with Crippen LogP contribution in [0.1, 0.15) is 20.3 Å². The van der Waals surface area contributed by atoms with Crippen LogP contribution in [0.15, 0.2) is 35.5 Å². The molecule has 0 aliphatic heterocycles. The van der Waals surface area contributed by atoms with Crippen molar-refractivity contribution in [1.29, 1.82) is 0 Å². The van der Waals surface area contributed by atoms with E-state index in [0.717, 1.165) is 12.0 Å². The first-order valence-corrected chi connectivity index (χ1v) is 9.01. The van der Waals surface area contributed by atoms with Crippen molar-refractivity contribution in [3.05, 3.63) is 30.3 Å². The standard InChI is InChI=1S/C17H22N4O3S/c1-4-11(2)14(16(23)24-3)18-13(22)10-25-17-19-15(20-21-17)12-8-6-5-7-9-12/h5-9,11,14H,4,10H2,1-3H3,(H,18,22)(H,19,20,21)/t11-,14-/m0/s1. The highest BCUT2D eigenvalue weighted by Gasteiger charge is 2.26. The summed E-state index contributed by atoms with van der Waals surface area (Å²) in [5.74, 6) is 0.0737. The fourth-order valence-corrected chi connectivity index (χ4v) is 2.79. The summed E-state index contributed by atoms with van der Waals surface area (Å²) < 4.78 is 4.76. The third-order valence-electron chi connectivity index (χ3n) is 3.83. The second kappa shape index (κ2) is 9.22. The Morgan fingerprint density at radius 2 is 2.04 bits per heavy atom. The number of benzene rings is 1. The lowest BCUT2D eigenvalue weighted by Gasteiger charge is -2.21. The average molecular weight is 362 g/mol. The third-order valence-corrected chi connectivity index (χ3v) is 4.68. The summed E-state index contributed by atoms with van der Waals surface area (Å²) in [6.45, 7) is 3.86. The quantitative estimate of drug-likeness (QED) is 0.552. The number of hydrogen-bond acceptors (Lipinski definition) is 6. The van der Waals surface area contributed by atoms with Crippen LogP contribution in [0.25, 0.3) is 11.4 Å². The Kier molecular flexibility index (Phi) is 7.00. The van der Waals surface area contributed by atoms with Crippen molar-refractivity contribution in [2.24, 2.45) is 5.92 Å². The van der Waals surface area contributed by atoms with Crippen LogP contribution in [-0.2, 0) is 14.3 Å². The van der Waals surface area contributed by atoms with Crippen LogP contribution in [0.2, 0.25) is 0 Å². The molecular weight excluding hydrogens is 340 g/mol. The van der Waals surface area contributed by atoms with Crippen molar-refractivity contribution >= 4 is 23.6 Å². The van der Waals surface area contributed by atoms with Gasteiger partial charge >= 0.3 is 5.97 Å². The molecule has 0 saturated heterocycles. The molecule has 0 fully saturated rings.